The van der Waals surface area contributed by atoms with Gasteiger partial charge in [-0.25, -0.2) is 0 Å². The number of hydrogen-bond donors (Lipinski definition) is 0. The molecule has 0 radical (unpaired) electrons. The van der Waals surface area contributed by atoms with E-state index >= 15 is 0 Å². The lowest BCUT2D eigenvalue weighted by Gasteiger charge is -2.13. The largest absolute Gasteiger partial charge is 0.366 e. The van der Waals surface area contributed by atoms with Gasteiger partial charge in [0.05, 0.1) is 6.73 Å². The molecule has 0 aromatic heterocycles. The minimum atomic E-state index is 0.787. The molecule has 0 saturated carbocycles. The van der Waals surface area contributed by atoms with Crippen LogP contribution in [0.1, 0.15) is 117 Å². The van der Waals surface area contributed by atoms with Gasteiger partial charge in [-0.2, -0.15) is 0 Å². The molecular formula is C22H47NO. The van der Waals surface area contributed by atoms with Crippen LogP contribution in [0.25, 0.3) is 0 Å². The van der Waals surface area contributed by atoms with E-state index in [0.29, 0.717) is 0 Å². The fourth-order valence-corrected chi connectivity index (χ4v) is 3.06. The lowest BCUT2D eigenvalue weighted by molar-refractivity contribution is 0.0435. The summed E-state index contributed by atoms with van der Waals surface area (Å²) < 4.78 is 5.63. The van der Waals surface area contributed by atoms with E-state index in [-0.39, 0.29) is 0 Å². The van der Waals surface area contributed by atoms with Crippen LogP contribution in [0.15, 0.2) is 0 Å². The quantitative estimate of drug-likeness (QED) is 0.172. The number of unbranched alkanes of at least 4 members (excludes halogenated alkanes) is 15. The molecule has 0 bridgehead atoms. The number of hydrogen-bond acceptors (Lipinski definition) is 2. The third kappa shape index (κ3) is 20.0. The molecule has 0 aliphatic rings. The first-order valence-corrected chi connectivity index (χ1v) is 11.1. The molecule has 0 amide bonds. The monoisotopic (exact) mass is 341 g/mol. The van der Waals surface area contributed by atoms with Crippen molar-refractivity contribution in [3.63, 3.8) is 0 Å². The molecule has 0 rings (SSSR count). The zero-order valence-corrected chi connectivity index (χ0v) is 17.3. The topological polar surface area (TPSA) is 12.5 Å². The summed E-state index contributed by atoms with van der Waals surface area (Å²) in [4.78, 5) is 2.20. The van der Waals surface area contributed by atoms with E-state index in [2.05, 4.69) is 25.8 Å². The maximum atomic E-state index is 5.63. The summed E-state index contributed by atoms with van der Waals surface area (Å²) in [7, 11) is 2.10. The highest BCUT2D eigenvalue weighted by molar-refractivity contribution is 4.50. The first-order chi connectivity index (χ1) is 11.8. The zero-order chi connectivity index (χ0) is 17.7. The summed E-state index contributed by atoms with van der Waals surface area (Å²) in [6.45, 7) is 7.25. The van der Waals surface area contributed by atoms with E-state index in [1.807, 2.05) is 0 Å². The highest BCUT2D eigenvalue weighted by Crippen LogP contribution is 2.13. The maximum absolute atomic E-state index is 5.63. The Morgan fingerprint density at radius 1 is 0.542 bits per heavy atom. The molecule has 24 heavy (non-hydrogen) atoms. The number of nitrogens with zero attached hydrogens (tertiary/aromatic N) is 1. The Balaban J connectivity index is 2.98. The second kappa shape index (κ2) is 21.0. The number of ether oxygens (including phenoxy) is 1. The van der Waals surface area contributed by atoms with Crippen molar-refractivity contribution in [1.29, 1.82) is 0 Å². The van der Waals surface area contributed by atoms with Crippen molar-refractivity contribution < 1.29 is 4.74 Å². The molecule has 0 aliphatic carbocycles. The van der Waals surface area contributed by atoms with Crippen molar-refractivity contribution in [3.05, 3.63) is 0 Å². The van der Waals surface area contributed by atoms with Gasteiger partial charge < -0.3 is 4.74 Å². The highest BCUT2D eigenvalue weighted by atomic mass is 16.5. The Morgan fingerprint density at radius 3 is 1.29 bits per heavy atom. The molecule has 0 atom stereocenters. The van der Waals surface area contributed by atoms with E-state index in [4.69, 9.17) is 4.74 Å². The fourth-order valence-electron chi connectivity index (χ4n) is 3.06. The molecule has 2 heteroatoms. The van der Waals surface area contributed by atoms with E-state index in [0.717, 1.165) is 19.9 Å². The molecule has 0 spiro atoms. The molecule has 0 unspecified atom stereocenters. The Labute approximate surface area is 153 Å². The molecule has 0 heterocycles. The van der Waals surface area contributed by atoms with Crippen LogP contribution < -0.4 is 0 Å². The van der Waals surface area contributed by atoms with Crippen molar-refractivity contribution in [2.45, 2.75) is 117 Å². The normalized spacial score (nSPS) is 11.5. The van der Waals surface area contributed by atoms with Gasteiger partial charge in [0.2, 0.25) is 0 Å². The van der Waals surface area contributed by atoms with Crippen molar-refractivity contribution in [2.24, 2.45) is 0 Å². The van der Waals surface area contributed by atoms with Gasteiger partial charge in [-0.3, -0.25) is 4.90 Å². The standard InChI is InChI=1S/C22H47NO/c1-4-6-7-8-9-10-11-12-13-14-15-16-17-18-19-20-21-24-22-23(3)5-2/h4-22H2,1-3H3. The Hall–Kier alpha value is -0.0800. The summed E-state index contributed by atoms with van der Waals surface area (Å²) in [5.74, 6) is 0. The van der Waals surface area contributed by atoms with E-state index in [1.165, 1.54) is 103 Å². The zero-order valence-electron chi connectivity index (χ0n) is 17.3. The van der Waals surface area contributed by atoms with Gasteiger partial charge in [-0.15, -0.1) is 0 Å². The van der Waals surface area contributed by atoms with Gasteiger partial charge in [0, 0.05) is 6.61 Å². The van der Waals surface area contributed by atoms with Gasteiger partial charge >= 0.3 is 0 Å². The Kier molecular flexibility index (Phi) is 20.9. The lowest BCUT2D eigenvalue weighted by Crippen LogP contribution is -2.21. The van der Waals surface area contributed by atoms with Crippen LogP contribution in [0.3, 0.4) is 0 Å². The van der Waals surface area contributed by atoms with Crippen LogP contribution in [0.5, 0.6) is 0 Å². The highest BCUT2D eigenvalue weighted by Gasteiger charge is 1.96. The van der Waals surface area contributed by atoms with Crippen LogP contribution in [0, 0.1) is 0 Å². The summed E-state index contributed by atoms with van der Waals surface area (Å²) in [5, 5.41) is 0. The summed E-state index contributed by atoms with van der Waals surface area (Å²) in [6.07, 6.45) is 22.8. The SMILES string of the molecule is CCCCCCCCCCCCCCCCCCOCN(C)CC. The third-order valence-corrected chi connectivity index (χ3v) is 4.99. The average molecular weight is 342 g/mol. The molecular weight excluding hydrogens is 294 g/mol. The van der Waals surface area contributed by atoms with E-state index < -0.39 is 0 Å². The minimum absolute atomic E-state index is 0.787. The van der Waals surface area contributed by atoms with Crippen LogP contribution in [-0.4, -0.2) is 31.8 Å². The Morgan fingerprint density at radius 2 is 0.917 bits per heavy atom. The van der Waals surface area contributed by atoms with Crippen LogP contribution in [-0.2, 0) is 4.74 Å². The van der Waals surface area contributed by atoms with Crippen LogP contribution >= 0.6 is 0 Å². The predicted molar refractivity (Wildman–Crippen MR) is 109 cm³/mol. The maximum Gasteiger partial charge on any atom is 0.0987 e. The van der Waals surface area contributed by atoms with Crippen molar-refractivity contribution in [2.75, 3.05) is 26.9 Å². The molecule has 2 nitrogen and oxygen atoms in total. The molecule has 146 valence electrons. The number of rotatable bonds is 20. The molecule has 0 aromatic carbocycles. The molecule has 0 saturated heterocycles. The first-order valence-electron chi connectivity index (χ1n) is 11.1. The first kappa shape index (κ1) is 23.9. The summed E-state index contributed by atoms with van der Waals surface area (Å²) in [6, 6.07) is 0. The predicted octanol–water partition coefficient (Wildman–Crippen LogP) is 7.17. The Bertz CT molecular complexity index is 220. The van der Waals surface area contributed by atoms with E-state index in [9.17, 15) is 0 Å². The third-order valence-electron chi connectivity index (χ3n) is 4.99. The second-order valence-corrected chi connectivity index (χ2v) is 7.51. The van der Waals surface area contributed by atoms with Gasteiger partial charge in [0.25, 0.3) is 0 Å². The lowest BCUT2D eigenvalue weighted by atomic mass is 10.0. The van der Waals surface area contributed by atoms with Crippen molar-refractivity contribution in [3.8, 4) is 0 Å². The second-order valence-electron chi connectivity index (χ2n) is 7.51. The fraction of sp³-hybridized carbons (Fsp3) is 1.00. The van der Waals surface area contributed by atoms with Gasteiger partial charge in [0.15, 0.2) is 0 Å². The molecule has 0 aromatic rings. The van der Waals surface area contributed by atoms with Gasteiger partial charge in [-0.05, 0) is 20.0 Å². The smallest absolute Gasteiger partial charge is 0.0987 e. The molecule has 0 fully saturated rings. The summed E-state index contributed by atoms with van der Waals surface area (Å²) in [5.41, 5.74) is 0. The van der Waals surface area contributed by atoms with Crippen LogP contribution in [0.4, 0.5) is 0 Å². The average Bonchev–Trinajstić information content (AvgIpc) is 2.60. The molecule has 0 N–H and O–H groups in total. The van der Waals surface area contributed by atoms with Gasteiger partial charge in [0.1, 0.15) is 0 Å². The van der Waals surface area contributed by atoms with E-state index in [1.54, 1.807) is 0 Å². The minimum Gasteiger partial charge on any atom is -0.366 e. The summed E-state index contributed by atoms with van der Waals surface area (Å²) >= 11 is 0. The van der Waals surface area contributed by atoms with Crippen molar-refractivity contribution >= 4 is 0 Å². The van der Waals surface area contributed by atoms with Gasteiger partial charge in [-0.1, -0.05) is 110 Å². The van der Waals surface area contributed by atoms with Crippen LogP contribution in [0.2, 0.25) is 0 Å². The van der Waals surface area contributed by atoms with Crippen molar-refractivity contribution in [1.82, 2.24) is 4.90 Å². The molecule has 0 aliphatic heterocycles.